The summed E-state index contributed by atoms with van der Waals surface area (Å²) in [5, 5.41) is 2.58. The molecule has 0 spiro atoms. The zero-order chi connectivity index (χ0) is 90.0. The van der Waals surface area contributed by atoms with Crippen molar-refractivity contribution < 1.29 is 46.2 Å². The summed E-state index contributed by atoms with van der Waals surface area (Å²) in [6.07, 6.45) is 3.39. The molecule has 24 nitrogen and oxygen atoms in total. The van der Waals surface area contributed by atoms with Gasteiger partial charge in [0.15, 0.2) is 0 Å². The van der Waals surface area contributed by atoms with Gasteiger partial charge in [-0.1, -0.05) is 49.5 Å². The molecule has 6 aromatic carbocycles. The topological polar surface area (TPSA) is 213 Å². The van der Waals surface area contributed by atoms with E-state index in [0.717, 1.165) is 107 Å². The zero-order valence-corrected chi connectivity index (χ0v) is 77.0. The Bertz CT molecular complexity index is 5780. The molecular formula is C93H112ClF4N15O9S3. The van der Waals surface area contributed by atoms with Crippen LogP contribution < -0.4 is 31.8 Å². The predicted molar refractivity (Wildman–Crippen MR) is 495 cm³/mol. The van der Waals surface area contributed by atoms with E-state index in [1.807, 2.05) is 118 Å². The lowest BCUT2D eigenvalue weighted by molar-refractivity contribution is -0.131. The third kappa shape index (κ3) is 20.0. The molecule has 9 heterocycles. The van der Waals surface area contributed by atoms with E-state index in [2.05, 4.69) is 78.2 Å². The number of benzene rings is 6. The summed E-state index contributed by atoms with van der Waals surface area (Å²) in [6.45, 7) is 37.0. The molecule has 3 fully saturated rings. The van der Waals surface area contributed by atoms with Gasteiger partial charge >= 0.3 is 17.1 Å². The van der Waals surface area contributed by atoms with Crippen molar-refractivity contribution in [3.05, 3.63) is 193 Å². The highest BCUT2D eigenvalue weighted by Gasteiger charge is 2.40. The first kappa shape index (κ1) is 93.2. The Morgan fingerprint density at radius 1 is 0.432 bits per heavy atom. The van der Waals surface area contributed by atoms with Crippen molar-refractivity contribution in [1.82, 2.24) is 58.1 Å². The van der Waals surface area contributed by atoms with Gasteiger partial charge in [0.2, 0.25) is 17.7 Å². The number of ether oxygens (including phenoxy) is 3. The summed E-state index contributed by atoms with van der Waals surface area (Å²) in [5.74, 6) is 1.23. The van der Waals surface area contributed by atoms with E-state index in [1.165, 1.54) is 60.3 Å². The first-order chi connectivity index (χ1) is 59.6. The van der Waals surface area contributed by atoms with Crippen LogP contribution in [0.15, 0.2) is 146 Å². The van der Waals surface area contributed by atoms with Crippen LogP contribution in [0.25, 0.3) is 66.1 Å². The summed E-state index contributed by atoms with van der Waals surface area (Å²) in [4.78, 5) is 113. The normalized spacial score (nSPS) is 20.8. The molecule has 3 amide bonds. The van der Waals surface area contributed by atoms with Gasteiger partial charge in [-0.25, -0.2) is 31.9 Å². The van der Waals surface area contributed by atoms with Crippen molar-refractivity contribution in [2.45, 2.75) is 151 Å². The van der Waals surface area contributed by atoms with E-state index < -0.39 is 23.1 Å². The summed E-state index contributed by atoms with van der Waals surface area (Å²) in [7, 11) is 11.9. The van der Waals surface area contributed by atoms with Crippen LogP contribution in [0, 0.1) is 44.0 Å². The van der Waals surface area contributed by atoms with Gasteiger partial charge in [0.25, 0.3) is 0 Å². The zero-order valence-electron chi connectivity index (χ0n) is 73.8. The molecule has 3 unspecified atom stereocenters. The van der Waals surface area contributed by atoms with E-state index in [0.29, 0.717) is 125 Å². The SMILES string of the molecule is C=CC(=O)N1[C@H](C)CN(c2nc(=O)n3c4c(c(-c5ccc(F)c(Cl)c5)c(C)cc24)SCC(OCCN(C)C)C3)C[C@@H]1C.C=CC(=O)N1[C@H](C)CN(c2nc(=O)n3c4c(c(-c5ccc(F)cc5)c(C)cc24)SCC(OCCN(C)C)C3)C[C@@H]1C.C=CC(=O)N1[C@H](C)CN(c2nc(=O)n3c4c(c(-c5ccc(F)cc5F)c(C)cc24)SCC(OCCN(C)C)C3)C[C@@H]1C. The number of hydrogen-bond donors (Lipinski definition) is 0. The van der Waals surface area contributed by atoms with Crippen molar-refractivity contribution in [1.29, 1.82) is 0 Å². The fourth-order valence-corrected chi connectivity index (χ4v) is 22.3. The van der Waals surface area contributed by atoms with Gasteiger partial charge in [0, 0.05) is 172 Å². The molecule has 3 aromatic heterocycles. The number of rotatable bonds is 21. The van der Waals surface area contributed by atoms with E-state index in [9.17, 15) is 41.9 Å². The Morgan fingerprint density at radius 2 is 0.744 bits per heavy atom. The number of carbonyl (C=O) groups excluding carboxylic acids is 3. The molecule has 6 aliphatic rings. The highest BCUT2D eigenvalue weighted by Crippen LogP contribution is 2.49. The Kier molecular flexibility index (Phi) is 29.7. The number of nitrogens with zero attached hydrogens (tertiary/aromatic N) is 15. The van der Waals surface area contributed by atoms with Crippen LogP contribution in [-0.2, 0) is 48.2 Å². The molecule has 0 radical (unpaired) electrons. The summed E-state index contributed by atoms with van der Waals surface area (Å²) in [5.41, 5.74) is 8.48. The Balaban J connectivity index is 0.000000161. The van der Waals surface area contributed by atoms with Crippen LogP contribution in [0.3, 0.4) is 0 Å². The molecule has 3 saturated heterocycles. The van der Waals surface area contributed by atoms with Gasteiger partial charge < -0.3 is 58.3 Å². The molecular weight excluding hydrogens is 1680 g/mol. The van der Waals surface area contributed by atoms with Crippen molar-refractivity contribution in [3.8, 4) is 33.4 Å². The van der Waals surface area contributed by atoms with Crippen molar-refractivity contribution >= 4 is 115 Å². The van der Waals surface area contributed by atoms with Crippen LogP contribution in [0.1, 0.15) is 58.2 Å². The number of hydrogen-bond acceptors (Lipinski definition) is 21. The minimum absolute atomic E-state index is 0.0467. The van der Waals surface area contributed by atoms with E-state index in [1.54, 1.807) is 66.4 Å². The van der Waals surface area contributed by atoms with Gasteiger partial charge in [-0.2, -0.15) is 15.0 Å². The van der Waals surface area contributed by atoms with E-state index in [4.69, 9.17) is 25.8 Å². The number of aryl methyl sites for hydroxylation is 3. The van der Waals surface area contributed by atoms with Crippen LogP contribution in [0.5, 0.6) is 0 Å². The lowest BCUT2D eigenvalue weighted by atomic mass is 9.97. The highest BCUT2D eigenvalue weighted by atomic mass is 35.5. The molecule has 125 heavy (non-hydrogen) atoms. The number of amides is 3. The molecule has 0 saturated carbocycles. The first-order valence-corrected chi connectivity index (χ1v) is 45.6. The Labute approximate surface area is 745 Å². The average molecular weight is 1790 g/mol. The second-order valence-electron chi connectivity index (χ2n) is 34.1. The maximum absolute atomic E-state index is 15.2. The standard InChI is InChI=1S/C31H37ClFN5O3S.C31H37F2N5O3S.C31H38FN5O3S/c1-7-26(39)38-19(3)14-36(15-20(38)4)30-23-12-18(2)27(21-8-9-25(33)24(32)13-21)29-28(23)37(31(40)34-30)16-22(17-42-29)41-11-10-35(5)6;1-7-26(39)38-19(3)14-36(15-20(38)4)30-24-12-18(2)27(23-9-8-21(32)13-25(23)33)29-28(24)37(31(40)34-30)16-22(17-42-29)41-11-10-35(5)6;1-7-26(38)37-20(3)15-35(16-21(37)4)30-25-14-19(2)27(22-8-10-23(32)11-9-22)29-28(25)36(31(39)33-30)17-24(18-41-29)40-13-12-34(5)6/h2*7-9,12-13,19-20,22H,1,10-11,14-17H2,2-6H3;7-11,14,20-21,24H,1,12-13,15-18H2,2-6H3/t2*19-,20+,22?;20-,21+,24?. The van der Waals surface area contributed by atoms with Gasteiger partial charge in [-0.3, -0.25) is 28.1 Å². The quantitative estimate of drug-likeness (QED) is 0.0483. The number of anilines is 3. The molecule has 666 valence electrons. The third-order valence-electron chi connectivity index (χ3n) is 23.7. The predicted octanol–water partition coefficient (Wildman–Crippen LogP) is 13.3. The molecule has 15 rings (SSSR count). The minimum atomic E-state index is -0.661. The molecule has 0 bridgehead atoms. The number of carbonyl (C=O) groups is 3. The lowest BCUT2D eigenvalue weighted by Gasteiger charge is -2.44. The monoisotopic (exact) mass is 1790 g/mol. The highest BCUT2D eigenvalue weighted by molar-refractivity contribution is 8.00. The molecule has 6 aliphatic heterocycles. The fraction of sp³-hybridized carbons (Fsp3) is 0.452. The van der Waals surface area contributed by atoms with Crippen molar-refractivity contribution in [3.63, 3.8) is 0 Å². The number of thioether (sulfide) groups is 3. The summed E-state index contributed by atoms with van der Waals surface area (Å²) < 4.78 is 80.9. The number of halogens is 5. The number of likely N-dealkylation sites (N-methyl/N-ethyl adjacent to an activating group) is 3. The molecule has 9 atom stereocenters. The molecule has 0 N–H and O–H groups in total. The molecule has 32 heteroatoms. The van der Waals surface area contributed by atoms with Gasteiger partial charge in [0.1, 0.15) is 40.7 Å². The minimum Gasteiger partial charge on any atom is -0.374 e. The smallest absolute Gasteiger partial charge is 0.350 e. The van der Waals surface area contributed by atoms with Crippen LogP contribution >= 0.6 is 46.9 Å². The van der Waals surface area contributed by atoms with Crippen LogP contribution in [0.2, 0.25) is 5.02 Å². The van der Waals surface area contributed by atoms with Gasteiger partial charge in [-0.15, -0.1) is 35.3 Å². The van der Waals surface area contributed by atoms with Crippen molar-refractivity contribution in [2.75, 3.05) is 153 Å². The second-order valence-corrected chi connectivity index (χ2v) is 37.6. The first-order valence-electron chi connectivity index (χ1n) is 42.3. The Morgan fingerprint density at radius 3 is 1.06 bits per heavy atom. The van der Waals surface area contributed by atoms with Crippen molar-refractivity contribution in [2.24, 2.45) is 0 Å². The Hall–Kier alpha value is -9.41. The largest absolute Gasteiger partial charge is 0.374 e. The van der Waals surface area contributed by atoms with Gasteiger partial charge in [-0.05, 0) is 205 Å². The third-order valence-corrected chi connectivity index (χ3v) is 27.7. The molecule has 9 aromatic rings. The molecule has 0 aliphatic carbocycles. The van der Waals surface area contributed by atoms with Crippen LogP contribution in [-0.4, -0.2) is 269 Å². The number of piperazine rings is 3. The number of aromatic nitrogens is 6. The second kappa shape index (κ2) is 39.9. The lowest BCUT2D eigenvalue weighted by Crippen LogP contribution is -2.58. The maximum atomic E-state index is 15.2. The van der Waals surface area contributed by atoms with Gasteiger partial charge in [0.05, 0.1) is 79.3 Å². The van der Waals surface area contributed by atoms with E-state index >= 15 is 4.39 Å². The van der Waals surface area contributed by atoms with E-state index in [-0.39, 0.29) is 100 Å². The summed E-state index contributed by atoms with van der Waals surface area (Å²) >= 11 is 11.1. The average Bonchev–Trinajstić information content (AvgIpc) is 1.73. The van der Waals surface area contributed by atoms with Crippen LogP contribution in [0.4, 0.5) is 35.0 Å². The fourth-order valence-electron chi connectivity index (χ4n) is 18.1. The summed E-state index contributed by atoms with van der Waals surface area (Å²) in [6, 6.07) is 20.3. The maximum Gasteiger partial charge on any atom is 0.350 e.